The third-order valence-electron chi connectivity index (χ3n) is 1.00. The first-order valence-electron chi connectivity index (χ1n) is 2.64. The average molecular weight is 194 g/mol. The van der Waals surface area contributed by atoms with Crippen LogP contribution in [-0.4, -0.2) is 13.4 Å². The summed E-state index contributed by atoms with van der Waals surface area (Å²) in [4.78, 5) is 12.6. The topological polar surface area (TPSA) is 67.0 Å². The number of nitrogens with one attached hydrogen (secondary N) is 1. The average Bonchev–Trinajstić information content (AvgIpc) is 1.86. The molecule has 1 heterocycles. The van der Waals surface area contributed by atoms with Crippen molar-refractivity contribution in [3.8, 4) is 0 Å². The van der Waals surface area contributed by atoms with Crippen LogP contribution in [0.3, 0.4) is 0 Å². The van der Waals surface area contributed by atoms with Crippen LogP contribution in [0.5, 0.6) is 0 Å². The fourth-order valence-electron chi connectivity index (χ4n) is 0.570. The number of aromatic amines is 1. The van der Waals surface area contributed by atoms with Gasteiger partial charge in [-0.25, -0.2) is 8.42 Å². The Balaban J connectivity index is 3.40. The summed E-state index contributed by atoms with van der Waals surface area (Å²) in [7, 11) is 1.12. The number of aromatic nitrogens is 1. The highest BCUT2D eigenvalue weighted by Gasteiger charge is 2.08. The fraction of sp³-hybridized carbons (Fsp3) is 0. The van der Waals surface area contributed by atoms with Crippen LogP contribution in [0.2, 0.25) is 0 Å². The second kappa shape index (κ2) is 2.67. The smallest absolute Gasteiger partial charge is 0.276 e. The predicted octanol–water partition coefficient (Wildman–Crippen LogP) is 0.302. The van der Waals surface area contributed by atoms with Gasteiger partial charge in [-0.15, -0.1) is 0 Å². The standard InChI is InChI=1S/C5H4ClNO3S/c6-11(9,10)5-3-1-2-4(8)7-5/h1-3H,(H,7,8). The van der Waals surface area contributed by atoms with Gasteiger partial charge in [0.1, 0.15) is 0 Å². The molecule has 0 atom stereocenters. The second-order valence-corrected chi connectivity index (χ2v) is 4.35. The molecule has 11 heavy (non-hydrogen) atoms. The Morgan fingerprint density at radius 1 is 1.36 bits per heavy atom. The minimum atomic E-state index is -3.81. The monoisotopic (exact) mass is 193 g/mol. The van der Waals surface area contributed by atoms with Crippen LogP contribution < -0.4 is 5.56 Å². The van der Waals surface area contributed by atoms with Crippen molar-refractivity contribution in [2.24, 2.45) is 0 Å². The lowest BCUT2D eigenvalue weighted by molar-refractivity contribution is 0.606. The molecule has 0 aromatic carbocycles. The third-order valence-corrected chi connectivity index (χ3v) is 2.27. The molecule has 0 radical (unpaired) electrons. The normalized spacial score (nSPS) is 11.4. The van der Waals surface area contributed by atoms with Crippen molar-refractivity contribution in [3.05, 3.63) is 28.6 Å². The lowest BCUT2D eigenvalue weighted by Gasteiger charge is -1.91. The first kappa shape index (κ1) is 8.29. The van der Waals surface area contributed by atoms with E-state index in [0.717, 1.165) is 0 Å². The van der Waals surface area contributed by atoms with E-state index in [2.05, 4.69) is 4.98 Å². The van der Waals surface area contributed by atoms with Crippen molar-refractivity contribution in [1.82, 2.24) is 4.98 Å². The van der Waals surface area contributed by atoms with E-state index < -0.39 is 14.6 Å². The molecule has 1 rings (SSSR count). The molecule has 0 bridgehead atoms. The molecule has 1 N–H and O–H groups in total. The number of pyridine rings is 1. The van der Waals surface area contributed by atoms with Gasteiger partial charge in [0.2, 0.25) is 5.56 Å². The summed E-state index contributed by atoms with van der Waals surface area (Å²) in [5, 5.41) is -0.285. The van der Waals surface area contributed by atoms with Crippen LogP contribution >= 0.6 is 10.7 Å². The van der Waals surface area contributed by atoms with Gasteiger partial charge < -0.3 is 4.98 Å². The minimum Gasteiger partial charge on any atom is -0.312 e. The maximum Gasteiger partial charge on any atom is 0.276 e. The molecule has 0 saturated heterocycles. The van der Waals surface area contributed by atoms with Crippen molar-refractivity contribution in [2.45, 2.75) is 5.03 Å². The van der Waals surface area contributed by atoms with E-state index in [-0.39, 0.29) is 5.03 Å². The first-order chi connectivity index (χ1) is 5.00. The summed E-state index contributed by atoms with van der Waals surface area (Å²) in [5.74, 6) is 0. The summed E-state index contributed by atoms with van der Waals surface area (Å²) in [6.07, 6.45) is 0. The van der Waals surface area contributed by atoms with E-state index >= 15 is 0 Å². The zero-order valence-electron chi connectivity index (χ0n) is 5.24. The lowest BCUT2D eigenvalue weighted by atomic mass is 10.5. The largest absolute Gasteiger partial charge is 0.312 e. The van der Waals surface area contributed by atoms with Gasteiger partial charge in [0.25, 0.3) is 9.05 Å². The molecule has 0 aliphatic rings. The van der Waals surface area contributed by atoms with Gasteiger partial charge >= 0.3 is 0 Å². The summed E-state index contributed by atoms with van der Waals surface area (Å²) in [6, 6.07) is 3.73. The summed E-state index contributed by atoms with van der Waals surface area (Å²) in [5.41, 5.74) is -0.494. The first-order valence-corrected chi connectivity index (χ1v) is 4.95. The van der Waals surface area contributed by atoms with Crippen molar-refractivity contribution in [1.29, 1.82) is 0 Å². The number of hydrogen-bond donors (Lipinski definition) is 1. The number of rotatable bonds is 1. The molecular formula is C5H4ClNO3S. The van der Waals surface area contributed by atoms with E-state index in [4.69, 9.17) is 10.7 Å². The lowest BCUT2D eigenvalue weighted by Crippen LogP contribution is -2.07. The Hall–Kier alpha value is -0.810. The van der Waals surface area contributed by atoms with Gasteiger partial charge in [0.15, 0.2) is 5.03 Å². The molecule has 0 unspecified atom stereocenters. The molecule has 1 aromatic rings. The van der Waals surface area contributed by atoms with Gasteiger partial charge in [0.05, 0.1) is 0 Å². The maximum atomic E-state index is 10.6. The highest BCUT2D eigenvalue weighted by Crippen LogP contribution is 2.07. The zero-order chi connectivity index (χ0) is 8.48. The molecular weight excluding hydrogens is 190 g/mol. The van der Waals surface area contributed by atoms with Gasteiger partial charge in [0, 0.05) is 16.7 Å². The van der Waals surface area contributed by atoms with Crippen molar-refractivity contribution < 1.29 is 8.42 Å². The Labute approximate surface area is 67.2 Å². The van der Waals surface area contributed by atoms with Gasteiger partial charge in [-0.05, 0) is 6.07 Å². The van der Waals surface area contributed by atoms with Crippen LogP contribution in [0.15, 0.2) is 28.0 Å². The maximum absolute atomic E-state index is 10.6. The molecule has 60 valence electrons. The summed E-state index contributed by atoms with van der Waals surface area (Å²) in [6.45, 7) is 0. The molecule has 0 fully saturated rings. The van der Waals surface area contributed by atoms with Gasteiger partial charge in [-0.1, -0.05) is 6.07 Å². The van der Waals surface area contributed by atoms with E-state index in [1.807, 2.05) is 0 Å². The van der Waals surface area contributed by atoms with Gasteiger partial charge in [-0.3, -0.25) is 4.79 Å². The molecule has 0 saturated carbocycles. The van der Waals surface area contributed by atoms with E-state index in [0.29, 0.717) is 0 Å². The van der Waals surface area contributed by atoms with Crippen LogP contribution in [0.4, 0.5) is 0 Å². The molecule has 6 heteroatoms. The molecule has 4 nitrogen and oxygen atoms in total. The van der Waals surface area contributed by atoms with Crippen molar-refractivity contribution >= 4 is 19.7 Å². The molecule has 0 aliphatic heterocycles. The number of H-pyrrole nitrogens is 1. The Kier molecular flexibility index (Phi) is 2.01. The summed E-state index contributed by atoms with van der Waals surface area (Å²) < 4.78 is 21.2. The molecule has 0 aliphatic carbocycles. The summed E-state index contributed by atoms with van der Waals surface area (Å²) >= 11 is 0. The molecule has 1 aromatic heterocycles. The number of hydrogen-bond acceptors (Lipinski definition) is 3. The van der Waals surface area contributed by atoms with Crippen LogP contribution in [0.1, 0.15) is 0 Å². The highest BCUT2D eigenvalue weighted by atomic mass is 35.7. The minimum absolute atomic E-state index is 0.285. The Morgan fingerprint density at radius 3 is 2.36 bits per heavy atom. The SMILES string of the molecule is O=c1cccc(S(=O)(=O)Cl)[nH]1. The van der Waals surface area contributed by atoms with E-state index in [9.17, 15) is 13.2 Å². The van der Waals surface area contributed by atoms with Crippen molar-refractivity contribution in [3.63, 3.8) is 0 Å². The van der Waals surface area contributed by atoms with Gasteiger partial charge in [-0.2, -0.15) is 0 Å². The zero-order valence-corrected chi connectivity index (χ0v) is 6.82. The predicted molar refractivity (Wildman–Crippen MR) is 40.1 cm³/mol. The van der Waals surface area contributed by atoms with E-state index in [1.165, 1.54) is 18.2 Å². The van der Waals surface area contributed by atoms with Crippen LogP contribution in [-0.2, 0) is 9.05 Å². The third kappa shape index (κ3) is 2.06. The Bertz CT molecular complexity index is 408. The quantitative estimate of drug-likeness (QED) is 0.653. The molecule has 0 spiro atoms. The highest BCUT2D eigenvalue weighted by molar-refractivity contribution is 8.13. The molecule has 0 amide bonds. The fourth-order valence-corrected chi connectivity index (χ4v) is 1.30. The van der Waals surface area contributed by atoms with Crippen LogP contribution in [0.25, 0.3) is 0 Å². The van der Waals surface area contributed by atoms with E-state index in [1.54, 1.807) is 0 Å². The van der Waals surface area contributed by atoms with Crippen molar-refractivity contribution in [2.75, 3.05) is 0 Å². The number of halogens is 1. The Morgan fingerprint density at radius 2 is 2.00 bits per heavy atom. The van der Waals surface area contributed by atoms with Crippen LogP contribution in [0, 0.1) is 0 Å². The second-order valence-electron chi connectivity index (χ2n) is 1.82.